The van der Waals surface area contributed by atoms with Crippen molar-refractivity contribution < 1.29 is 9.90 Å². The molecule has 112 valence electrons. The monoisotopic (exact) mass is 270 g/mol. The molecule has 0 aromatic heterocycles. The lowest BCUT2D eigenvalue weighted by atomic mass is 9.93. The number of rotatable bonds is 8. The Hall–Kier alpha value is -0.610. The predicted molar refractivity (Wildman–Crippen MR) is 78.4 cm³/mol. The van der Waals surface area contributed by atoms with Crippen molar-refractivity contribution in [1.82, 2.24) is 10.2 Å². The van der Waals surface area contributed by atoms with E-state index in [1.54, 1.807) is 6.92 Å². The molecule has 0 spiro atoms. The molecule has 0 aliphatic carbocycles. The first-order valence-electron chi connectivity index (χ1n) is 7.72. The number of hydrogen-bond donors (Lipinski definition) is 2. The number of nitrogens with one attached hydrogen (secondary N) is 1. The van der Waals surface area contributed by atoms with Crippen molar-refractivity contribution in [1.29, 1.82) is 0 Å². The second-order valence-electron chi connectivity index (χ2n) is 5.96. The van der Waals surface area contributed by atoms with Crippen LogP contribution in [0.5, 0.6) is 0 Å². The lowest BCUT2D eigenvalue weighted by Crippen LogP contribution is -2.49. The molecule has 1 aliphatic rings. The van der Waals surface area contributed by atoms with Gasteiger partial charge in [-0.05, 0) is 64.7 Å². The highest BCUT2D eigenvalue weighted by Gasteiger charge is 2.31. The van der Waals surface area contributed by atoms with Crippen LogP contribution in [0.15, 0.2) is 0 Å². The van der Waals surface area contributed by atoms with Crippen molar-refractivity contribution in [2.45, 2.75) is 58.4 Å². The van der Waals surface area contributed by atoms with Crippen LogP contribution in [0.2, 0.25) is 0 Å². The van der Waals surface area contributed by atoms with Crippen LogP contribution in [-0.2, 0) is 4.79 Å². The molecule has 1 saturated heterocycles. The van der Waals surface area contributed by atoms with Gasteiger partial charge in [0.25, 0.3) is 0 Å². The Morgan fingerprint density at radius 1 is 1.37 bits per heavy atom. The van der Waals surface area contributed by atoms with Gasteiger partial charge in [0.15, 0.2) is 0 Å². The fraction of sp³-hybridized carbons (Fsp3) is 0.933. The Labute approximate surface area is 117 Å². The summed E-state index contributed by atoms with van der Waals surface area (Å²) in [6.45, 7) is 10.1. The molecule has 1 rings (SSSR count). The lowest BCUT2D eigenvalue weighted by Gasteiger charge is -2.32. The second-order valence-corrected chi connectivity index (χ2v) is 5.96. The number of likely N-dealkylation sites (N-methyl/N-ethyl adjacent to an activating group) is 1. The van der Waals surface area contributed by atoms with Crippen LogP contribution >= 0.6 is 0 Å². The van der Waals surface area contributed by atoms with Gasteiger partial charge in [-0.25, -0.2) is 0 Å². The fourth-order valence-corrected chi connectivity index (χ4v) is 2.94. The molecule has 0 aromatic rings. The Bertz CT molecular complexity index is 275. The Morgan fingerprint density at radius 3 is 2.47 bits per heavy atom. The van der Waals surface area contributed by atoms with Gasteiger partial charge in [0.2, 0.25) is 0 Å². The van der Waals surface area contributed by atoms with Crippen LogP contribution in [0, 0.1) is 5.92 Å². The van der Waals surface area contributed by atoms with E-state index >= 15 is 0 Å². The van der Waals surface area contributed by atoms with Crippen molar-refractivity contribution >= 4 is 5.97 Å². The van der Waals surface area contributed by atoms with Crippen molar-refractivity contribution in [3.05, 3.63) is 0 Å². The van der Waals surface area contributed by atoms with Gasteiger partial charge in [-0.1, -0.05) is 20.3 Å². The highest BCUT2D eigenvalue weighted by molar-refractivity contribution is 5.78. The van der Waals surface area contributed by atoms with E-state index in [1.165, 1.54) is 32.4 Å². The molecular formula is C15H30N2O2. The summed E-state index contributed by atoms with van der Waals surface area (Å²) in [4.78, 5) is 13.8. The zero-order valence-electron chi connectivity index (χ0n) is 12.7. The van der Waals surface area contributed by atoms with Gasteiger partial charge < -0.3 is 15.3 Å². The van der Waals surface area contributed by atoms with Gasteiger partial charge in [0.1, 0.15) is 5.54 Å². The van der Waals surface area contributed by atoms with E-state index in [2.05, 4.69) is 17.1 Å². The maximum atomic E-state index is 11.3. The van der Waals surface area contributed by atoms with E-state index in [4.69, 9.17) is 0 Å². The van der Waals surface area contributed by atoms with Crippen molar-refractivity contribution in [2.24, 2.45) is 5.92 Å². The van der Waals surface area contributed by atoms with Gasteiger partial charge in [0, 0.05) is 0 Å². The zero-order chi connectivity index (χ0) is 14.3. The molecule has 0 aromatic carbocycles. The minimum absolute atomic E-state index is 0.698. The number of nitrogens with zero attached hydrogens (tertiary/aromatic N) is 1. The largest absolute Gasteiger partial charge is 0.480 e. The number of piperidine rings is 1. The van der Waals surface area contributed by atoms with E-state index < -0.39 is 11.5 Å². The Morgan fingerprint density at radius 2 is 2.00 bits per heavy atom. The summed E-state index contributed by atoms with van der Waals surface area (Å²) in [5, 5.41) is 12.4. The van der Waals surface area contributed by atoms with Gasteiger partial charge in [-0.2, -0.15) is 0 Å². The van der Waals surface area contributed by atoms with Gasteiger partial charge in [0.05, 0.1) is 0 Å². The molecule has 0 saturated carbocycles. The van der Waals surface area contributed by atoms with Gasteiger partial charge in [-0.3, -0.25) is 4.79 Å². The van der Waals surface area contributed by atoms with Crippen molar-refractivity contribution in [3.63, 3.8) is 0 Å². The molecule has 4 nitrogen and oxygen atoms in total. The number of likely N-dealkylation sites (tertiary alicyclic amines) is 1. The quantitative estimate of drug-likeness (QED) is 0.711. The number of hydrogen-bond acceptors (Lipinski definition) is 3. The molecule has 19 heavy (non-hydrogen) atoms. The molecule has 1 atom stereocenters. The molecule has 0 bridgehead atoms. The molecular weight excluding hydrogens is 240 g/mol. The standard InChI is InChI=1S/C15H30N2O2/c1-4-13-7-11-17(12-8-13)10-6-9-15(3,14(18)19)16-5-2/h13,16H,4-12H2,1-3H3,(H,18,19). The summed E-state index contributed by atoms with van der Waals surface area (Å²) in [5.41, 5.74) is -0.767. The van der Waals surface area contributed by atoms with E-state index in [0.29, 0.717) is 13.0 Å². The smallest absolute Gasteiger partial charge is 0.323 e. The molecule has 4 heteroatoms. The maximum absolute atomic E-state index is 11.3. The van der Waals surface area contributed by atoms with Crippen molar-refractivity contribution in [3.8, 4) is 0 Å². The number of carboxylic acids is 1. The molecule has 0 amide bonds. The Kier molecular flexibility index (Phi) is 6.80. The molecule has 1 heterocycles. The zero-order valence-corrected chi connectivity index (χ0v) is 12.7. The van der Waals surface area contributed by atoms with Crippen LogP contribution in [0.4, 0.5) is 0 Å². The topological polar surface area (TPSA) is 52.6 Å². The van der Waals surface area contributed by atoms with E-state index in [9.17, 15) is 9.90 Å². The van der Waals surface area contributed by atoms with Gasteiger partial charge in [-0.15, -0.1) is 0 Å². The van der Waals surface area contributed by atoms with E-state index in [1.807, 2.05) is 6.92 Å². The second kappa shape index (κ2) is 7.85. The van der Waals surface area contributed by atoms with Crippen molar-refractivity contribution in [2.75, 3.05) is 26.2 Å². The summed E-state index contributed by atoms with van der Waals surface area (Å²) in [5.74, 6) is 0.168. The van der Waals surface area contributed by atoms with Gasteiger partial charge >= 0.3 is 5.97 Å². The highest BCUT2D eigenvalue weighted by atomic mass is 16.4. The number of aliphatic carboxylic acids is 1. The molecule has 1 fully saturated rings. The first-order chi connectivity index (χ1) is 9.01. The minimum atomic E-state index is -0.767. The van der Waals surface area contributed by atoms with Crippen LogP contribution in [0.3, 0.4) is 0 Å². The minimum Gasteiger partial charge on any atom is -0.480 e. The van der Waals surface area contributed by atoms with Crippen LogP contribution in [0.25, 0.3) is 0 Å². The third-order valence-electron chi connectivity index (χ3n) is 4.47. The average molecular weight is 270 g/mol. The molecule has 0 radical (unpaired) electrons. The first kappa shape index (κ1) is 16.4. The van der Waals surface area contributed by atoms with Crippen LogP contribution < -0.4 is 5.32 Å². The fourth-order valence-electron chi connectivity index (χ4n) is 2.94. The third-order valence-corrected chi connectivity index (χ3v) is 4.47. The third kappa shape index (κ3) is 5.11. The molecule has 1 aliphatic heterocycles. The van der Waals surface area contributed by atoms with Crippen LogP contribution in [0.1, 0.15) is 52.9 Å². The summed E-state index contributed by atoms with van der Waals surface area (Å²) in [6.07, 6.45) is 5.56. The first-order valence-corrected chi connectivity index (χ1v) is 7.72. The average Bonchev–Trinajstić information content (AvgIpc) is 2.39. The summed E-state index contributed by atoms with van der Waals surface area (Å²) in [6, 6.07) is 0. The number of carboxylic acid groups (broad SMARTS) is 1. The highest BCUT2D eigenvalue weighted by Crippen LogP contribution is 2.21. The normalized spacial score (nSPS) is 21.2. The molecule has 1 unspecified atom stereocenters. The lowest BCUT2D eigenvalue weighted by molar-refractivity contribution is -0.144. The van der Waals surface area contributed by atoms with E-state index in [0.717, 1.165) is 18.9 Å². The van der Waals surface area contributed by atoms with E-state index in [-0.39, 0.29) is 0 Å². The molecule has 2 N–H and O–H groups in total. The predicted octanol–water partition coefficient (Wildman–Crippen LogP) is 2.34. The summed E-state index contributed by atoms with van der Waals surface area (Å²) < 4.78 is 0. The summed E-state index contributed by atoms with van der Waals surface area (Å²) in [7, 11) is 0. The summed E-state index contributed by atoms with van der Waals surface area (Å²) >= 11 is 0. The maximum Gasteiger partial charge on any atom is 0.323 e. The Balaban J connectivity index is 2.27. The SMILES string of the molecule is CCNC(C)(CCCN1CCC(CC)CC1)C(=O)O. The number of carbonyl (C=O) groups is 1. The van der Waals surface area contributed by atoms with Crippen LogP contribution in [-0.4, -0.2) is 47.7 Å².